The van der Waals surface area contributed by atoms with Gasteiger partial charge in [-0.2, -0.15) is 0 Å². The Morgan fingerprint density at radius 1 is 1.11 bits per heavy atom. The van der Waals surface area contributed by atoms with Crippen LogP contribution in [0.5, 0.6) is 5.88 Å². The number of H-pyrrole nitrogens is 1. The molecule has 0 aliphatic rings. The number of hydrogen-bond acceptors (Lipinski definition) is 7. The average molecular weight is 388 g/mol. The number of rotatable bonds is 4. The largest absolute Gasteiger partial charge is 0.492 e. The summed E-state index contributed by atoms with van der Waals surface area (Å²) in [6.45, 7) is 0. The number of benzene rings is 2. The molecule has 0 amide bonds. The molecule has 0 radical (unpaired) electrons. The van der Waals surface area contributed by atoms with Crippen molar-refractivity contribution in [2.75, 3.05) is 0 Å². The third-order valence-corrected chi connectivity index (χ3v) is 3.79. The molecule has 2 aromatic carbocycles. The molecule has 3 aromatic rings. The normalized spacial score (nSPS) is 11.0. The zero-order chi connectivity index (χ0) is 19.6. The van der Waals surface area contributed by atoms with Crippen molar-refractivity contribution in [3.63, 3.8) is 0 Å². The van der Waals surface area contributed by atoms with Gasteiger partial charge in [0.2, 0.25) is 11.6 Å². The van der Waals surface area contributed by atoms with Crippen LogP contribution >= 0.6 is 11.6 Å². The van der Waals surface area contributed by atoms with E-state index in [-0.39, 0.29) is 16.4 Å². The molecule has 0 fully saturated rings. The van der Waals surface area contributed by atoms with Crippen LogP contribution in [0, 0.1) is 10.1 Å². The summed E-state index contributed by atoms with van der Waals surface area (Å²) in [7, 11) is 0. The number of para-hydroxylation sites is 1. The Morgan fingerprint density at radius 2 is 1.81 bits per heavy atom. The van der Waals surface area contributed by atoms with Crippen LogP contribution in [0.15, 0.2) is 68.3 Å². The lowest BCUT2D eigenvalue weighted by Crippen LogP contribution is -2.28. The molecule has 0 atom stereocenters. The molecule has 10 nitrogen and oxygen atoms in total. The van der Waals surface area contributed by atoms with Crippen LogP contribution in [0.2, 0.25) is 5.02 Å². The molecule has 1 aromatic heterocycles. The molecule has 0 saturated carbocycles. The number of hydrogen-bond donors (Lipinski definition) is 2. The Morgan fingerprint density at radius 3 is 2.48 bits per heavy atom. The summed E-state index contributed by atoms with van der Waals surface area (Å²) in [5.41, 5.74) is -2.41. The summed E-state index contributed by atoms with van der Waals surface area (Å²) < 4.78 is 0.847. The van der Waals surface area contributed by atoms with Gasteiger partial charge in [-0.1, -0.05) is 29.8 Å². The minimum atomic E-state index is -0.961. The summed E-state index contributed by atoms with van der Waals surface area (Å²) in [6.07, 6.45) is 0. The van der Waals surface area contributed by atoms with Gasteiger partial charge in [0.25, 0.3) is 11.2 Å². The second-order valence-electron chi connectivity index (χ2n) is 5.20. The third kappa shape index (κ3) is 3.60. The second-order valence-corrected chi connectivity index (χ2v) is 5.60. The van der Waals surface area contributed by atoms with Crippen LogP contribution < -0.4 is 11.2 Å². The van der Waals surface area contributed by atoms with Crippen molar-refractivity contribution in [3.05, 3.63) is 84.5 Å². The van der Waals surface area contributed by atoms with Gasteiger partial charge < -0.3 is 5.11 Å². The second kappa shape index (κ2) is 7.22. The van der Waals surface area contributed by atoms with Crippen LogP contribution in [-0.2, 0) is 0 Å². The van der Waals surface area contributed by atoms with Gasteiger partial charge in [0.05, 0.1) is 16.3 Å². The number of nitro groups is 1. The van der Waals surface area contributed by atoms with E-state index in [0.29, 0.717) is 5.69 Å². The van der Waals surface area contributed by atoms with Crippen molar-refractivity contribution < 1.29 is 10.0 Å². The Bertz CT molecular complexity index is 1170. The number of aromatic nitrogens is 2. The standard InChI is InChI=1S/C16H10ClN5O5/c17-11-7-6-9(8-12(11)22(26)27)19-20-13-14(23)18-16(25)21(15(13)24)10-4-2-1-3-5-10/h1-8,24H,(H,18,23,25). The summed E-state index contributed by atoms with van der Waals surface area (Å²) in [6, 6.07) is 11.7. The molecule has 0 aliphatic carbocycles. The topological polar surface area (TPSA) is 143 Å². The Hall–Kier alpha value is -3.79. The molecule has 0 bridgehead atoms. The van der Waals surface area contributed by atoms with Gasteiger partial charge in [-0.3, -0.25) is 19.9 Å². The number of aromatic hydroxyl groups is 1. The molecule has 136 valence electrons. The maximum atomic E-state index is 12.0. The quantitative estimate of drug-likeness (QED) is 0.401. The third-order valence-electron chi connectivity index (χ3n) is 3.47. The van der Waals surface area contributed by atoms with Crippen LogP contribution in [0.3, 0.4) is 0 Å². The van der Waals surface area contributed by atoms with Crippen molar-refractivity contribution >= 4 is 28.7 Å². The molecule has 0 aliphatic heterocycles. The van der Waals surface area contributed by atoms with E-state index in [2.05, 4.69) is 10.2 Å². The van der Waals surface area contributed by atoms with E-state index in [1.54, 1.807) is 30.3 Å². The van der Waals surface area contributed by atoms with E-state index < -0.39 is 27.7 Å². The van der Waals surface area contributed by atoms with Crippen molar-refractivity contribution in [2.24, 2.45) is 10.2 Å². The highest BCUT2D eigenvalue weighted by atomic mass is 35.5. The van der Waals surface area contributed by atoms with Crippen molar-refractivity contribution in [2.45, 2.75) is 0 Å². The molecule has 1 heterocycles. The molecular weight excluding hydrogens is 378 g/mol. The van der Waals surface area contributed by atoms with Gasteiger partial charge in [-0.05, 0) is 24.3 Å². The molecule has 0 saturated heterocycles. The monoisotopic (exact) mass is 387 g/mol. The SMILES string of the molecule is O=c1[nH]c(=O)n(-c2ccccc2)c(O)c1N=Nc1ccc(Cl)c([N+](=O)[O-])c1. The number of nitro benzene ring substituents is 1. The van der Waals surface area contributed by atoms with Crippen molar-refractivity contribution in [3.8, 4) is 11.6 Å². The molecular formula is C16H10ClN5O5. The molecule has 2 N–H and O–H groups in total. The molecule has 0 spiro atoms. The maximum absolute atomic E-state index is 12.0. The van der Waals surface area contributed by atoms with Gasteiger partial charge in [0.15, 0.2) is 0 Å². The Labute approximate surface area is 155 Å². The zero-order valence-corrected chi connectivity index (χ0v) is 14.1. The molecule has 11 heteroatoms. The van der Waals surface area contributed by atoms with Gasteiger partial charge in [-0.15, -0.1) is 10.2 Å². The van der Waals surface area contributed by atoms with Crippen LogP contribution in [0.4, 0.5) is 17.1 Å². The van der Waals surface area contributed by atoms with E-state index >= 15 is 0 Å². The summed E-state index contributed by atoms with van der Waals surface area (Å²) >= 11 is 5.72. The van der Waals surface area contributed by atoms with Crippen molar-refractivity contribution in [1.82, 2.24) is 9.55 Å². The Kier molecular flexibility index (Phi) is 4.81. The molecule has 0 unspecified atom stereocenters. The van der Waals surface area contributed by atoms with Gasteiger partial charge in [0.1, 0.15) is 5.02 Å². The number of halogens is 1. The highest BCUT2D eigenvalue weighted by Gasteiger charge is 2.16. The average Bonchev–Trinajstić information content (AvgIpc) is 2.63. The first-order valence-corrected chi connectivity index (χ1v) is 7.75. The minimum Gasteiger partial charge on any atom is -0.492 e. The first-order valence-electron chi connectivity index (χ1n) is 7.38. The number of nitrogens with one attached hydrogen (secondary N) is 1. The predicted molar refractivity (Wildman–Crippen MR) is 96.6 cm³/mol. The minimum absolute atomic E-state index is 0.0300. The fraction of sp³-hybridized carbons (Fsp3) is 0. The molecule has 27 heavy (non-hydrogen) atoms. The Balaban J connectivity index is 2.10. The van der Waals surface area contributed by atoms with Crippen LogP contribution in [-0.4, -0.2) is 19.6 Å². The maximum Gasteiger partial charge on any atom is 0.335 e. The van der Waals surface area contributed by atoms with Crippen molar-refractivity contribution in [1.29, 1.82) is 0 Å². The number of aromatic amines is 1. The summed E-state index contributed by atoms with van der Waals surface area (Å²) in [4.78, 5) is 36.3. The first-order chi connectivity index (χ1) is 12.9. The van der Waals surface area contributed by atoms with Gasteiger partial charge >= 0.3 is 5.69 Å². The van der Waals surface area contributed by atoms with Gasteiger partial charge in [-0.25, -0.2) is 9.36 Å². The van der Waals surface area contributed by atoms with Crippen LogP contribution in [0.25, 0.3) is 5.69 Å². The fourth-order valence-electron chi connectivity index (χ4n) is 2.23. The zero-order valence-electron chi connectivity index (χ0n) is 13.4. The highest BCUT2D eigenvalue weighted by molar-refractivity contribution is 6.32. The lowest BCUT2D eigenvalue weighted by Gasteiger charge is -2.08. The number of azo groups is 1. The lowest BCUT2D eigenvalue weighted by atomic mass is 10.3. The summed E-state index contributed by atoms with van der Waals surface area (Å²) in [5.74, 6) is -0.720. The van der Waals surface area contributed by atoms with E-state index in [9.17, 15) is 24.8 Å². The predicted octanol–water partition coefficient (Wildman–Crippen LogP) is 3.21. The first kappa shape index (κ1) is 18.0. The molecule has 3 rings (SSSR count). The smallest absolute Gasteiger partial charge is 0.335 e. The highest BCUT2D eigenvalue weighted by Crippen LogP contribution is 2.30. The van der Waals surface area contributed by atoms with E-state index in [0.717, 1.165) is 10.6 Å². The number of nitrogens with zero attached hydrogens (tertiary/aromatic N) is 4. The van der Waals surface area contributed by atoms with E-state index in [4.69, 9.17) is 11.6 Å². The summed E-state index contributed by atoms with van der Waals surface area (Å²) in [5, 5.41) is 28.5. The van der Waals surface area contributed by atoms with Gasteiger partial charge in [0, 0.05) is 6.07 Å². The fourth-order valence-corrected chi connectivity index (χ4v) is 2.42. The van der Waals surface area contributed by atoms with Crippen LogP contribution in [0.1, 0.15) is 0 Å². The lowest BCUT2D eigenvalue weighted by molar-refractivity contribution is -0.384. The van der Waals surface area contributed by atoms with E-state index in [1.165, 1.54) is 12.1 Å². The van der Waals surface area contributed by atoms with E-state index in [1.807, 2.05) is 4.98 Å².